The minimum atomic E-state index is -0.393. The van der Waals surface area contributed by atoms with Gasteiger partial charge in [-0.05, 0) is 36.8 Å². The minimum Gasteiger partial charge on any atom is -0.332 e. The molecule has 2 aromatic carbocycles. The lowest BCUT2D eigenvalue weighted by Crippen LogP contribution is -2.41. The number of hydrogen-bond donors (Lipinski definition) is 1. The quantitative estimate of drug-likeness (QED) is 0.901. The van der Waals surface area contributed by atoms with Crippen molar-refractivity contribution in [3.63, 3.8) is 0 Å². The van der Waals surface area contributed by atoms with E-state index in [1.54, 1.807) is 43.4 Å². The van der Waals surface area contributed by atoms with E-state index >= 15 is 0 Å². The Kier molecular flexibility index (Phi) is 4.95. The standard InChI is InChI=1S/C19H18ClN3O3/c1-12-7-8-15(14(20)9-12)21-17(24)10-23-16-6-4-3-5-13(16)19(26)22(2)11-18(23)25/h3-9H,10-11H2,1-2H3,(H,21,24). The van der Waals surface area contributed by atoms with Crippen molar-refractivity contribution in [3.8, 4) is 0 Å². The molecule has 3 rings (SSSR count). The zero-order valence-corrected chi connectivity index (χ0v) is 15.2. The summed E-state index contributed by atoms with van der Waals surface area (Å²) in [7, 11) is 1.56. The fourth-order valence-electron chi connectivity index (χ4n) is 2.82. The van der Waals surface area contributed by atoms with Crippen LogP contribution in [0.15, 0.2) is 42.5 Å². The summed E-state index contributed by atoms with van der Waals surface area (Å²) in [5.41, 5.74) is 2.27. The highest BCUT2D eigenvalue weighted by atomic mass is 35.5. The van der Waals surface area contributed by atoms with Gasteiger partial charge in [-0.3, -0.25) is 14.4 Å². The summed E-state index contributed by atoms with van der Waals surface area (Å²) in [6.07, 6.45) is 0. The van der Waals surface area contributed by atoms with E-state index < -0.39 is 5.91 Å². The molecular formula is C19H18ClN3O3. The van der Waals surface area contributed by atoms with Gasteiger partial charge < -0.3 is 15.1 Å². The van der Waals surface area contributed by atoms with Crippen molar-refractivity contribution >= 4 is 40.7 Å². The summed E-state index contributed by atoms with van der Waals surface area (Å²) in [4.78, 5) is 40.1. The molecule has 0 spiro atoms. The van der Waals surface area contributed by atoms with Gasteiger partial charge in [0, 0.05) is 7.05 Å². The van der Waals surface area contributed by atoms with Gasteiger partial charge in [0.1, 0.15) is 13.1 Å². The molecule has 2 aromatic rings. The third-order valence-electron chi connectivity index (χ3n) is 4.15. The molecule has 0 fully saturated rings. The predicted octanol–water partition coefficient (Wildman–Crippen LogP) is 2.71. The molecule has 0 radical (unpaired) electrons. The first-order valence-electron chi connectivity index (χ1n) is 8.07. The second-order valence-corrected chi connectivity index (χ2v) is 6.60. The number of fused-ring (bicyclic) bond motifs is 1. The lowest BCUT2D eigenvalue weighted by molar-refractivity contribution is -0.121. The number of likely N-dealkylation sites (N-methyl/N-ethyl adjacent to an activating group) is 1. The van der Waals surface area contributed by atoms with Crippen molar-refractivity contribution in [1.29, 1.82) is 0 Å². The number of carbonyl (C=O) groups excluding carboxylic acids is 3. The van der Waals surface area contributed by atoms with Crippen LogP contribution in [0.2, 0.25) is 5.02 Å². The lowest BCUT2D eigenvalue weighted by atomic mass is 10.1. The normalized spacial score (nSPS) is 14.1. The topological polar surface area (TPSA) is 69.7 Å². The molecule has 1 aliphatic rings. The van der Waals surface area contributed by atoms with Gasteiger partial charge in [0.05, 0.1) is 22.0 Å². The second-order valence-electron chi connectivity index (χ2n) is 6.19. The van der Waals surface area contributed by atoms with Crippen molar-refractivity contribution < 1.29 is 14.4 Å². The van der Waals surface area contributed by atoms with E-state index in [0.717, 1.165) is 5.56 Å². The molecule has 0 aromatic heterocycles. The Hall–Kier alpha value is -2.86. The van der Waals surface area contributed by atoms with Crippen LogP contribution in [-0.4, -0.2) is 42.8 Å². The molecule has 1 N–H and O–H groups in total. The number of halogens is 1. The van der Waals surface area contributed by atoms with E-state index in [1.807, 2.05) is 13.0 Å². The Morgan fingerprint density at radius 1 is 1.19 bits per heavy atom. The van der Waals surface area contributed by atoms with E-state index in [2.05, 4.69) is 5.32 Å². The Bertz CT molecular complexity index is 897. The van der Waals surface area contributed by atoms with Gasteiger partial charge in [-0.2, -0.15) is 0 Å². The third kappa shape index (κ3) is 3.55. The highest BCUT2D eigenvalue weighted by Crippen LogP contribution is 2.26. The smallest absolute Gasteiger partial charge is 0.256 e. The number of para-hydroxylation sites is 1. The molecule has 3 amide bonds. The zero-order valence-electron chi connectivity index (χ0n) is 14.5. The summed E-state index contributed by atoms with van der Waals surface area (Å²) in [5, 5.41) is 3.14. The average Bonchev–Trinajstić information content (AvgIpc) is 2.68. The summed E-state index contributed by atoms with van der Waals surface area (Å²) in [5.74, 6) is -0.967. The van der Waals surface area contributed by atoms with Crippen LogP contribution in [-0.2, 0) is 9.59 Å². The number of nitrogens with zero attached hydrogens (tertiary/aromatic N) is 2. The Morgan fingerprint density at radius 2 is 1.92 bits per heavy atom. The van der Waals surface area contributed by atoms with Crippen molar-refractivity contribution in [2.75, 3.05) is 30.4 Å². The maximum Gasteiger partial charge on any atom is 0.256 e. The number of hydrogen-bond acceptors (Lipinski definition) is 3. The van der Waals surface area contributed by atoms with Crippen molar-refractivity contribution in [2.45, 2.75) is 6.92 Å². The van der Waals surface area contributed by atoms with Crippen LogP contribution in [0.25, 0.3) is 0 Å². The van der Waals surface area contributed by atoms with Crippen molar-refractivity contribution in [2.24, 2.45) is 0 Å². The summed E-state index contributed by atoms with van der Waals surface area (Å²) < 4.78 is 0. The van der Waals surface area contributed by atoms with Crippen LogP contribution >= 0.6 is 11.6 Å². The molecule has 0 aliphatic carbocycles. The van der Waals surface area contributed by atoms with Gasteiger partial charge >= 0.3 is 0 Å². The number of benzene rings is 2. The Balaban J connectivity index is 1.85. The number of carbonyl (C=O) groups is 3. The average molecular weight is 372 g/mol. The molecule has 6 nitrogen and oxygen atoms in total. The molecular weight excluding hydrogens is 354 g/mol. The zero-order chi connectivity index (χ0) is 18.8. The fraction of sp³-hybridized carbons (Fsp3) is 0.211. The van der Waals surface area contributed by atoms with Crippen LogP contribution in [0, 0.1) is 6.92 Å². The molecule has 7 heteroatoms. The van der Waals surface area contributed by atoms with E-state index in [0.29, 0.717) is 22.0 Å². The first-order chi connectivity index (χ1) is 12.4. The number of aryl methyl sites for hydroxylation is 1. The largest absolute Gasteiger partial charge is 0.332 e. The molecule has 0 unspecified atom stereocenters. The van der Waals surface area contributed by atoms with Gasteiger partial charge in [-0.15, -0.1) is 0 Å². The molecule has 0 atom stereocenters. The number of anilines is 2. The second kappa shape index (κ2) is 7.17. The third-order valence-corrected chi connectivity index (χ3v) is 4.46. The van der Waals surface area contributed by atoms with Gasteiger partial charge in [0.2, 0.25) is 11.8 Å². The van der Waals surface area contributed by atoms with E-state index in [-0.39, 0.29) is 24.9 Å². The van der Waals surface area contributed by atoms with E-state index in [4.69, 9.17) is 11.6 Å². The van der Waals surface area contributed by atoms with Crippen LogP contribution in [0.3, 0.4) is 0 Å². The first-order valence-corrected chi connectivity index (χ1v) is 8.45. The molecule has 0 bridgehead atoms. The maximum atomic E-state index is 12.6. The first kappa shape index (κ1) is 17.9. The minimum absolute atomic E-state index is 0.0912. The van der Waals surface area contributed by atoms with Crippen LogP contribution in [0.5, 0.6) is 0 Å². The molecule has 0 saturated carbocycles. The summed E-state index contributed by atoms with van der Waals surface area (Å²) in [6.45, 7) is 1.60. The molecule has 0 saturated heterocycles. The summed E-state index contributed by atoms with van der Waals surface area (Å²) >= 11 is 6.14. The van der Waals surface area contributed by atoms with Crippen molar-refractivity contribution in [3.05, 3.63) is 58.6 Å². The monoisotopic (exact) mass is 371 g/mol. The van der Waals surface area contributed by atoms with Gasteiger partial charge in [-0.25, -0.2) is 0 Å². The lowest BCUT2D eigenvalue weighted by Gasteiger charge is -2.22. The summed E-state index contributed by atoms with van der Waals surface area (Å²) in [6, 6.07) is 12.1. The van der Waals surface area contributed by atoms with E-state index in [1.165, 1.54) is 9.80 Å². The highest BCUT2D eigenvalue weighted by Gasteiger charge is 2.30. The predicted molar refractivity (Wildman–Crippen MR) is 101 cm³/mol. The van der Waals surface area contributed by atoms with Crippen LogP contribution in [0.4, 0.5) is 11.4 Å². The van der Waals surface area contributed by atoms with Crippen LogP contribution < -0.4 is 10.2 Å². The fourth-order valence-corrected chi connectivity index (χ4v) is 3.10. The van der Waals surface area contributed by atoms with Crippen LogP contribution in [0.1, 0.15) is 15.9 Å². The number of amides is 3. The Labute approximate surface area is 156 Å². The molecule has 134 valence electrons. The number of rotatable bonds is 3. The Morgan fingerprint density at radius 3 is 2.65 bits per heavy atom. The van der Waals surface area contributed by atoms with Crippen molar-refractivity contribution in [1.82, 2.24) is 4.90 Å². The SMILES string of the molecule is Cc1ccc(NC(=O)CN2C(=O)CN(C)C(=O)c3ccccc32)c(Cl)c1. The van der Waals surface area contributed by atoms with Gasteiger partial charge in [0.25, 0.3) is 5.91 Å². The maximum absolute atomic E-state index is 12.6. The molecule has 1 aliphatic heterocycles. The highest BCUT2D eigenvalue weighted by molar-refractivity contribution is 6.33. The number of nitrogens with one attached hydrogen (secondary N) is 1. The van der Waals surface area contributed by atoms with Gasteiger partial charge in [-0.1, -0.05) is 29.8 Å². The molecule has 26 heavy (non-hydrogen) atoms. The van der Waals surface area contributed by atoms with Gasteiger partial charge in [0.15, 0.2) is 0 Å². The van der Waals surface area contributed by atoms with E-state index in [9.17, 15) is 14.4 Å². The molecule has 1 heterocycles.